The molecule has 1 unspecified atom stereocenters. The number of hydrogen-bond donors (Lipinski definition) is 1. The minimum Gasteiger partial charge on any atom is -0.322 e. The van der Waals surface area contributed by atoms with Gasteiger partial charge in [0.25, 0.3) is 0 Å². The predicted molar refractivity (Wildman–Crippen MR) is 104 cm³/mol. The van der Waals surface area contributed by atoms with E-state index in [-0.39, 0.29) is 23.6 Å². The Morgan fingerprint density at radius 1 is 1.03 bits per heavy atom. The summed E-state index contributed by atoms with van der Waals surface area (Å²) < 4.78 is 13.3. The van der Waals surface area contributed by atoms with Crippen LogP contribution < -0.4 is 9.80 Å². The van der Waals surface area contributed by atoms with Gasteiger partial charge in [0.05, 0.1) is 17.3 Å². The summed E-state index contributed by atoms with van der Waals surface area (Å²) in [6.45, 7) is 0.752. The van der Waals surface area contributed by atoms with Crippen LogP contribution in [0, 0.1) is 17.7 Å². The SMILES string of the molecule is O=C(c1ccc(F)cc1)[C@@H]1[C@@H]2C(=O)N(c3ccccc3Cl)C(=O)[C@@H]2[C@H]2CCC[NH+]21. The van der Waals surface area contributed by atoms with Crippen molar-refractivity contribution in [3.05, 3.63) is 64.9 Å². The number of halogens is 2. The Hall–Kier alpha value is -2.57. The van der Waals surface area contributed by atoms with Gasteiger partial charge in [-0.1, -0.05) is 23.7 Å². The van der Waals surface area contributed by atoms with Crippen LogP contribution in [0.2, 0.25) is 5.02 Å². The highest BCUT2D eigenvalue weighted by atomic mass is 35.5. The predicted octanol–water partition coefficient (Wildman–Crippen LogP) is 1.90. The van der Waals surface area contributed by atoms with Crippen molar-refractivity contribution in [2.75, 3.05) is 11.4 Å². The van der Waals surface area contributed by atoms with Gasteiger partial charge in [-0.05, 0) is 36.4 Å². The summed E-state index contributed by atoms with van der Waals surface area (Å²) in [7, 11) is 0. The maximum absolute atomic E-state index is 13.4. The monoisotopic (exact) mass is 413 g/mol. The number of quaternary nitrogens is 1. The first-order valence-corrected chi connectivity index (χ1v) is 10.1. The molecule has 5 nitrogen and oxygen atoms in total. The van der Waals surface area contributed by atoms with Crippen LogP contribution in [0.25, 0.3) is 0 Å². The first kappa shape index (κ1) is 18.5. The van der Waals surface area contributed by atoms with E-state index in [1.807, 2.05) is 0 Å². The minimum absolute atomic E-state index is 0.0571. The van der Waals surface area contributed by atoms with Gasteiger partial charge in [-0.3, -0.25) is 14.4 Å². The summed E-state index contributed by atoms with van der Waals surface area (Å²) >= 11 is 6.26. The lowest BCUT2D eigenvalue weighted by Crippen LogP contribution is -3.16. The van der Waals surface area contributed by atoms with Crippen molar-refractivity contribution in [2.24, 2.45) is 11.8 Å². The maximum atomic E-state index is 13.4. The fourth-order valence-corrected chi connectivity index (χ4v) is 5.63. The lowest BCUT2D eigenvalue weighted by Gasteiger charge is -2.25. The second-order valence-corrected chi connectivity index (χ2v) is 8.34. The van der Waals surface area contributed by atoms with E-state index in [1.54, 1.807) is 24.3 Å². The molecule has 3 aliphatic heterocycles. The van der Waals surface area contributed by atoms with Gasteiger partial charge in [0.1, 0.15) is 23.7 Å². The molecule has 7 heteroatoms. The van der Waals surface area contributed by atoms with Gasteiger partial charge in [0.15, 0.2) is 6.04 Å². The molecule has 2 aromatic rings. The Kier molecular flexibility index (Phi) is 4.29. The molecule has 1 N–H and O–H groups in total. The number of amides is 2. The number of rotatable bonds is 3. The van der Waals surface area contributed by atoms with Crippen molar-refractivity contribution in [3.8, 4) is 0 Å². The van der Waals surface area contributed by atoms with Crippen molar-refractivity contribution in [2.45, 2.75) is 24.9 Å². The molecule has 0 bridgehead atoms. The second-order valence-electron chi connectivity index (χ2n) is 7.94. The van der Waals surface area contributed by atoms with Gasteiger partial charge in [0.2, 0.25) is 17.6 Å². The number of nitrogens with one attached hydrogen (secondary N) is 1. The van der Waals surface area contributed by atoms with Crippen molar-refractivity contribution in [3.63, 3.8) is 0 Å². The largest absolute Gasteiger partial charge is 0.322 e. The summed E-state index contributed by atoms with van der Waals surface area (Å²) in [6.07, 6.45) is 1.71. The first-order valence-electron chi connectivity index (χ1n) is 9.77. The number of carbonyl (C=O) groups is 3. The number of ketones is 1. The van der Waals surface area contributed by atoms with Gasteiger partial charge in [-0.25, -0.2) is 9.29 Å². The van der Waals surface area contributed by atoms with Crippen molar-refractivity contribution in [1.82, 2.24) is 0 Å². The minimum atomic E-state index is -0.711. The number of nitrogens with zero attached hydrogens (tertiary/aromatic N) is 1. The van der Waals surface area contributed by atoms with Gasteiger partial charge in [0, 0.05) is 18.4 Å². The third-order valence-electron chi connectivity index (χ3n) is 6.55. The average Bonchev–Trinajstić information content (AvgIpc) is 3.35. The number of para-hydroxylation sites is 1. The molecule has 0 spiro atoms. The van der Waals surface area contributed by atoms with Crippen LogP contribution in [0.4, 0.5) is 10.1 Å². The topological polar surface area (TPSA) is 58.9 Å². The molecule has 0 aromatic heterocycles. The fourth-order valence-electron chi connectivity index (χ4n) is 5.41. The van der Waals surface area contributed by atoms with Crippen LogP contribution in [-0.4, -0.2) is 36.2 Å². The molecule has 2 aromatic carbocycles. The van der Waals surface area contributed by atoms with Crippen LogP contribution in [-0.2, 0) is 9.59 Å². The van der Waals surface area contributed by atoms with E-state index in [0.29, 0.717) is 16.3 Å². The molecule has 148 valence electrons. The van der Waals surface area contributed by atoms with E-state index in [2.05, 4.69) is 0 Å². The summed E-state index contributed by atoms with van der Waals surface area (Å²) in [5.41, 5.74) is 0.734. The Bertz CT molecular complexity index is 1020. The smallest absolute Gasteiger partial charge is 0.244 e. The standard InChI is InChI=1S/C22H18ClFN2O3/c23-14-4-1-2-5-15(14)26-21(28)17-16-6-3-11-25(16)19(18(17)22(26)29)20(27)12-7-9-13(24)10-8-12/h1-2,4-5,7-10,16-19H,3,6,11H2/p+1/t16-,17-,18-,19+/m1/s1. The van der Waals surface area contributed by atoms with E-state index in [4.69, 9.17) is 11.6 Å². The quantitative estimate of drug-likeness (QED) is 0.617. The van der Waals surface area contributed by atoms with Gasteiger partial charge < -0.3 is 4.90 Å². The van der Waals surface area contributed by atoms with Gasteiger partial charge >= 0.3 is 0 Å². The highest BCUT2D eigenvalue weighted by Crippen LogP contribution is 2.42. The number of fused-ring (bicyclic) bond motifs is 3. The summed E-state index contributed by atoms with van der Waals surface area (Å²) in [5.74, 6) is -2.50. The zero-order valence-corrected chi connectivity index (χ0v) is 16.2. The molecule has 0 aliphatic carbocycles. The summed E-state index contributed by atoms with van der Waals surface area (Å²) in [4.78, 5) is 42.2. The molecule has 5 atom stereocenters. The number of hydrogen-bond acceptors (Lipinski definition) is 3. The molecule has 3 aliphatic rings. The number of imide groups is 1. The number of anilines is 1. The van der Waals surface area contributed by atoms with Crippen LogP contribution >= 0.6 is 11.6 Å². The zero-order chi connectivity index (χ0) is 20.3. The lowest BCUT2D eigenvalue weighted by atomic mass is 9.85. The van der Waals surface area contributed by atoms with E-state index < -0.39 is 23.7 Å². The number of benzene rings is 2. The molecule has 29 heavy (non-hydrogen) atoms. The van der Waals surface area contributed by atoms with E-state index in [0.717, 1.165) is 29.2 Å². The number of Topliss-reactive ketones (excluding diaryl/α,β-unsaturated/α-hetero) is 1. The van der Waals surface area contributed by atoms with Crippen LogP contribution in [0.1, 0.15) is 23.2 Å². The zero-order valence-electron chi connectivity index (χ0n) is 15.5. The number of carbonyl (C=O) groups excluding carboxylic acids is 3. The molecule has 5 rings (SSSR count). The Balaban J connectivity index is 1.56. The maximum Gasteiger partial charge on any atom is 0.244 e. The Morgan fingerprint density at radius 3 is 2.45 bits per heavy atom. The molecule has 3 heterocycles. The van der Waals surface area contributed by atoms with E-state index in [1.165, 1.54) is 24.3 Å². The van der Waals surface area contributed by atoms with Gasteiger partial charge in [-0.15, -0.1) is 0 Å². The summed E-state index contributed by atoms with van der Waals surface area (Å²) in [6, 6.07) is 11.4. The van der Waals surface area contributed by atoms with Crippen LogP contribution in [0.5, 0.6) is 0 Å². The Labute approximate surface area is 172 Å². The molecule has 2 amide bonds. The normalized spacial score (nSPS) is 30.6. The van der Waals surface area contributed by atoms with Crippen LogP contribution in [0.15, 0.2) is 48.5 Å². The third kappa shape index (κ3) is 2.66. The molecular weight excluding hydrogens is 395 g/mol. The second kappa shape index (κ2) is 6.75. The average molecular weight is 414 g/mol. The van der Waals surface area contributed by atoms with E-state index in [9.17, 15) is 18.8 Å². The van der Waals surface area contributed by atoms with Crippen molar-refractivity contribution in [1.29, 1.82) is 0 Å². The molecule has 3 saturated heterocycles. The summed E-state index contributed by atoms with van der Waals surface area (Å²) in [5, 5.41) is 0.325. The molecule has 0 saturated carbocycles. The fraction of sp³-hybridized carbons (Fsp3) is 0.318. The first-order chi connectivity index (χ1) is 14.0. The highest BCUT2D eigenvalue weighted by Gasteiger charge is 2.68. The third-order valence-corrected chi connectivity index (χ3v) is 6.87. The molecule has 3 fully saturated rings. The van der Waals surface area contributed by atoms with Gasteiger partial charge in [-0.2, -0.15) is 0 Å². The van der Waals surface area contributed by atoms with Crippen LogP contribution in [0.3, 0.4) is 0 Å². The Morgan fingerprint density at radius 2 is 1.72 bits per heavy atom. The molecular formula is C22H19ClFN2O3+. The van der Waals surface area contributed by atoms with Crippen molar-refractivity contribution < 1.29 is 23.7 Å². The lowest BCUT2D eigenvalue weighted by molar-refractivity contribution is -0.915. The highest BCUT2D eigenvalue weighted by molar-refractivity contribution is 6.36. The van der Waals surface area contributed by atoms with E-state index >= 15 is 0 Å². The van der Waals surface area contributed by atoms with Crippen molar-refractivity contribution >= 4 is 34.9 Å². The molecule has 0 radical (unpaired) electrons.